The van der Waals surface area contributed by atoms with Gasteiger partial charge in [0.05, 0.1) is 27.8 Å². The summed E-state index contributed by atoms with van der Waals surface area (Å²) in [4.78, 5) is 28.1. The number of amides is 2. The fraction of sp³-hybridized carbons (Fsp3) is 0.310. The third-order valence-corrected chi connectivity index (χ3v) is 6.36. The number of carbonyl (C=O) groups excluding carboxylic acids is 2. The summed E-state index contributed by atoms with van der Waals surface area (Å²) in [5, 5.41) is 3.57. The van der Waals surface area contributed by atoms with Crippen LogP contribution in [0.1, 0.15) is 23.6 Å². The van der Waals surface area contributed by atoms with Gasteiger partial charge in [-0.1, -0.05) is 41.9 Å². The second-order valence-corrected chi connectivity index (χ2v) is 9.02. The third kappa shape index (κ3) is 7.89. The van der Waals surface area contributed by atoms with Crippen molar-refractivity contribution in [2.75, 3.05) is 27.9 Å². The smallest absolute Gasteiger partial charge is 0.242 e. The minimum atomic E-state index is -0.674. The zero-order valence-electron chi connectivity index (χ0n) is 21.6. The monoisotopic (exact) mass is 524 g/mol. The largest absolute Gasteiger partial charge is 0.497 e. The Hall–Kier alpha value is -3.71. The molecule has 2 amide bonds. The first-order valence-electron chi connectivity index (χ1n) is 12.0. The van der Waals surface area contributed by atoms with Gasteiger partial charge in [-0.15, -0.1) is 0 Å². The molecule has 0 aliphatic carbocycles. The zero-order valence-corrected chi connectivity index (χ0v) is 22.4. The highest BCUT2D eigenvalue weighted by molar-refractivity contribution is 6.30. The van der Waals surface area contributed by atoms with Gasteiger partial charge in [0.2, 0.25) is 11.8 Å². The van der Waals surface area contributed by atoms with Crippen LogP contribution in [-0.2, 0) is 29.0 Å². The second kappa shape index (κ2) is 13.6. The second-order valence-electron chi connectivity index (χ2n) is 8.58. The predicted molar refractivity (Wildman–Crippen MR) is 144 cm³/mol. The van der Waals surface area contributed by atoms with Gasteiger partial charge in [0, 0.05) is 18.1 Å². The standard InChI is InChI=1S/C29H33ClN2O5/c1-20(29(34)31-16-15-22-9-14-26(36-3)27(17-22)37-4)32(19-23-7-12-25(35-2)13-8-23)28(33)18-21-5-10-24(30)11-6-21/h5-14,17,20H,15-16,18-19H2,1-4H3,(H,31,34)/t20-/m0/s1. The SMILES string of the molecule is COc1ccc(CN(C(=O)Cc2ccc(Cl)cc2)[C@@H](C)C(=O)NCCc2ccc(OC)c(OC)c2)cc1. The quantitative estimate of drug-likeness (QED) is 0.372. The van der Waals surface area contributed by atoms with Gasteiger partial charge in [-0.25, -0.2) is 0 Å². The van der Waals surface area contributed by atoms with Gasteiger partial charge in [0.25, 0.3) is 0 Å². The first kappa shape index (κ1) is 27.9. The molecule has 37 heavy (non-hydrogen) atoms. The summed E-state index contributed by atoms with van der Waals surface area (Å²) in [6.07, 6.45) is 0.770. The Balaban J connectivity index is 1.69. The fourth-order valence-electron chi connectivity index (χ4n) is 3.90. The molecule has 0 spiro atoms. The molecule has 0 aliphatic heterocycles. The molecule has 3 aromatic rings. The zero-order chi connectivity index (χ0) is 26.8. The highest BCUT2D eigenvalue weighted by atomic mass is 35.5. The molecule has 0 radical (unpaired) electrons. The summed E-state index contributed by atoms with van der Waals surface area (Å²) in [6.45, 7) is 2.45. The Morgan fingerprint density at radius 1 is 0.838 bits per heavy atom. The van der Waals surface area contributed by atoms with Crippen LogP contribution in [0.2, 0.25) is 5.02 Å². The Bertz CT molecular complexity index is 1180. The van der Waals surface area contributed by atoms with Crippen LogP contribution in [0.15, 0.2) is 66.7 Å². The fourth-order valence-corrected chi connectivity index (χ4v) is 4.03. The Kier molecular flexibility index (Phi) is 10.2. The van der Waals surface area contributed by atoms with Crippen LogP contribution in [0.4, 0.5) is 0 Å². The van der Waals surface area contributed by atoms with Gasteiger partial charge in [-0.2, -0.15) is 0 Å². The van der Waals surface area contributed by atoms with Gasteiger partial charge >= 0.3 is 0 Å². The molecule has 3 aromatic carbocycles. The summed E-state index contributed by atoms with van der Waals surface area (Å²) in [6, 6.07) is 19.6. The molecule has 0 heterocycles. The van der Waals surface area contributed by atoms with Crippen molar-refractivity contribution in [1.29, 1.82) is 0 Å². The van der Waals surface area contributed by atoms with Crippen molar-refractivity contribution < 1.29 is 23.8 Å². The number of carbonyl (C=O) groups is 2. The number of hydrogen-bond acceptors (Lipinski definition) is 5. The topological polar surface area (TPSA) is 77.1 Å². The summed E-state index contributed by atoms with van der Waals surface area (Å²) in [5.41, 5.74) is 2.73. The van der Waals surface area contributed by atoms with Crippen LogP contribution >= 0.6 is 11.6 Å². The van der Waals surface area contributed by atoms with Crippen molar-refractivity contribution >= 4 is 23.4 Å². The van der Waals surface area contributed by atoms with E-state index in [0.717, 1.165) is 22.4 Å². The van der Waals surface area contributed by atoms with Crippen molar-refractivity contribution in [3.8, 4) is 17.2 Å². The molecule has 8 heteroatoms. The maximum absolute atomic E-state index is 13.4. The molecular weight excluding hydrogens is 492 g/mol. The summed E-state index contributed by atoms with van der Waals surface area (Å²) < 4.78 is 15.9. The number of methoxy groups -OCH3 is 3. The lowest BCUT2D eigenvalue weighted by atomic mass is 10.1. The van der Waals surface area contributed by atoms with Crippen LogP contribution in [-0.4, -0.2) is 50.6 Å². The lowest BCUT2D eigenvalue weighted by molar-refractivity contribution is -0.140. The van der Waals surface area contributed by atoms with Crippen LogP contribution in [0, 0.1) is 0 Å². The van der Waals surface area contributed by atoms with Crippen molar-refractivity contribution in [3.63, 3.8) is 0 Å². The van der Waals surface area contributed by atoms with Gasteiger partial charge in [-0.05, 0) is 66.4 Å². The Morgan fingerprint density at radius 2 is 1.46 bits per heavy atom. The van der Waals surface area contributed by atoms with Crippen LogP contribution in [0.5, 0.6) is 17.2 Å². The van der Waals surface area contributed by atoms with Gasteiger partial charge in [0.15, 0.2) is 11.5 Å². The van der Waals surface area contributed by atoms with E-state index >= 15 is 0 Å². The molecule has 1 atom stereocenters. The number of hydrogen-bond donors (Lipinski definition) is 1. The first-order valence-corrected chi connectivity index (χ1v) is 12.4. The number of nitrogens with one attached hydrogen (secondary N) is 1. The van der Waals surface area contributed by atoms with Crippen molar-refractivity contribution in [1.82, 2.24) is 10.2 Å². The average Bonchev–Trinajstić information content (AvgIpc) is 2.92. The van der Waals surface area contributed by atoms with E-state index in [1.165, 1.54) is 0 Å². The summed E-state index contributed by atoms with van der Waals surface area (Å²) in [7, 11) is 4.78. The van der Waals surface area contributed by atoms with Crippen molar-refractivity contribution in [2.45, 2.75) is 32.4 Å². The van der Waals surface area contributed by atoms with E-state index < -0.39 is 6.04 Å². The van der Waals surface area contributed by atoms with E-state index in [4.69, 9.17) is 25.8 Å². The maximum Gasteiger partial charge on any atom is 0.242 e. The molecule has 3 rings (SSSR count). The average molecular weight is 525 g/mol. The minimum Gasteiger partial charge on any atom is -0.497 e. The number of nitrogens with zero attached hydrogens (tertiary/aromatic N) is 1. The Morgan fingerprint density at radius 3 is 2.08 bits per heavy atom. The molecule has 0 saturated heterocycles. The lowest BCUT2D eigenvalue weighted by Gasteiger charge is -2.29. The maximum atomic E-state index is 13.4. The molecule has 0 aromatic heterocycles. The van der Waals surface area contributed by atoms with Gasteiger partial charge < -0.3 is 24.4 Å². The van der Waals surface area contributed by atoms with Crippen LogP contribution in [0.25, 0.3) is 0 Å². The van der Waals surface area contributed by atoms with Crippen molar-refractivity contribution in [3.05, 3.63) is 88.4 Å². The normalized spacial score (nSPS) is 11.4. The number of rotatable bonds is 12. The van der Waals surface area contributed by atoms with Crippen molar-refractivity contribution in [2.24, 2.45) is 0 Å². The summed E-state index contributed by atoms with van der Waals surface area (Å²) in [5.74, 6) is 1.64. The van der Waals surface area contributed by atoms with Crippen LogP contribution < -0.4 is 19.5 Å². The molecular formula is C29H33ClN2O5. The third-order valence-electron chi connectivity index (χ3n) is 6.11. The van der Waals surface area contributed by atoms with E-state index in [2.05, 4.69) is 5.32 Å². The number of benzene rings is 3. The minimum absolute atomic E-state index is 0.152. The molecule has 0 bridgehead atoms. The van der Waals surface area contributed by atoms with E-state index in [0.29, 0.717) is 36.0 Å². The van der Waals surface area contributed by atoms with E-state index in [1.807, 2.05) is 54.6 Å². The predicted octanol–water partition coefficient (Wildman–Crippen LogP) is 4.68. The summed E-state index contributed by atoms with van der Waals surface area (Å²) >= 11 is 5.99. The lowest BCUT2D eigenvalue weighted by Crippen LogP contribution is -2.48. The molecule has 0 fully saturated rings. The number of ether oxygens (including phenoxy) is 3. The molecule has 0 aliphatic rings. The molecule has 0 saturated carbocycles. The molecule has 1 N–H and O–H groups in total. The van der Waals surface area contributed by atoms with Gasteiger partial charge in [-0.3, -0.25) is 9.59 Å². The molecule has 7 nitrogen and oxygen atoms in total. The highest BCUT2D eigenvalue weighted by Crippen LogP contribution is 2.27. The Labute approximate surface area is 223 Å². The number of halogens is 1. The van der Waals surface area contributed by atoms with Crippen LogP contribution in [0.3, 0.4) is 0 Å². The molecule has 0 unspecified atom stereocenters. The first-order chi connectivity index (χ1) is 17.8. The van der Waals surface area contributed by atoms with E-state index in [-0.39, 0.29) is 18.2 Å². The van der Waals surface area contributed by atoms with E-state index in [1.54, 1.807) is 45.3 Å². The van der Waals surface area contributed by atoms with Gasteiger partial charge in [0.1, 0.15) is 11.8 Å². The van der Waals surface area contributed by atoms with E-state index in [9.17, 15) is 9.59 Å². The highest BCUT2D eigenvalue weighted by Gasteiger charge is 2.26. The molecule has 196 valence electrons.